The van der Waals surface area contributed by atoms with Crippen molar-refractivity contribution in [2.24, 2.45) is 12.8 Å². The number of rotatable bonds is 5. The molecule has 0 aliphatic carbocycles. The molecule has 0 saturated carbocycles. The van der Waals surface area contributed by atoms with Crippen LogP contribution >= 0.6 is 0 Å². The normalized spacial score (nSPS) is 12.4. The Balaban J connectivity index is 2.06. The number of anilines is 1. The topological polar surface area (TPSA) is 81.7 Å². The van der Waals surface area contributed by atoms with Crippen molar-refractivity contribution in [2.75, 3.05) is 11.9 Å². The second-order valence-electron chi connectivity index (χ2n) is 4.25. The maximum Gasteiger partial charge on any atom is 0.130 e. The Morgan fingerprint density at radius 2 is 2.28 bits per heavy atom. The molecule has 2 heterocycles. The highest BCUT2D eigenvalue weighted by molar-refractivity contribution is 5.37. The van der Waals surface area contributed by atoms with E-state index >= 15 is 0 Å². The second-order valence-corrected chi connectivity index (χ2v) is 4.25. The number of hydrogen-bond acceptors (Lipinski definition) is 5. The van der Waals surface area contributed by atoms with Crippen LogP contribution < -0.4 is 11.1 Å². The van der Waals surface area contributed by atoms with Gasteiger partial charge in [-0.25, -0.2) is 9.97 Å². The highest BCUT2D eigenvalue weighted by Gasteiger charge is 2.08. The predicted molar refractivity (Wildman–Crippen MR) is 70.0 cm³/mol. The molecule has 2 aromatic rings. The van der Waals surface area contributed by atoms with E-state index in [-0.39, 0.29) is 6.04 Å². The van der Waals surface area contributed by atoms with E-state index in [1.165, 1.54) is 0 Å². The van der Waals surface area contributed by atoms with Crippen LogP contribution in [0.15, 0.2) is 24.8 Å². The number of nitrogens with zero attached hydrogens (tertiary/aromatic N) is 4. The molecule has 6 heteroatoms. The smallest absolute Gasteiger partial charge is 0.130 e. The van der Waals surface area contributed by atoms with Crippen molar-refractivity contribution in [2.45, 2.75) is 19.4 Å². The van der Waals surface area contributed by atoms with E-state index in [0.717, 1.165) is 23.5 Å². The van der Waals surface area contributed by atoms with Crippen molar-refractivity contribution in [1.29, 1.82) is 0 Å². The zero-order valence-electron chi connectivity index (χ0n) is 10.7. The lowest BCUT2D eigenvalue weighted by molar-refractivity contribution is 0.765. The number of aryl methyl sites for hydroxylation is 1. The van der Waals surface area contributed by atoms with Gasteiger partial charge < -0.3 is 11.1 Å². The van der Waals surface area contributed by atoms with Crippen LogP contribution in [0.5, 0.6) is 0 Å². The van der Waals surface area contributed by atoms with Gasteiger partial charge in [-0.3, -0.25) is 4.68 Å². The molecule has 0 aliphatic heterocycles. The first-order valence-electron chi connectivity index (χ1n) is 5.95. The molecule has 3 N–H and O–H groups in total. The van der Waals surface area contributed by atoms with Crippen molar-refractivity contribution in [3.63, 3.8) is 0 Å². The minimum Gasteiger partial charge on any atom is -0.363 e. The summed E-state index contributed by atoms with van der Waals surface area (Å²) < 4.78 is 1.79. The monoisotopic (exact) mass is 246 g/mol. The van der Waals surface area contributed by atoms with Crippen LogP contribution in [0.3, 0.4) is 0 Å². The van der Waals surface area contributed by atoms with E-state index in [4.69, 9.17) is 5.73 Å². The average Bonchev–Trinajstić information content (AvgIpc) is 2.77. The van der Waals surface area contributed by atoms with Crippen LogP contribution in [-0.4, -0.2) is 26.3 Å². The molecular formula is C12H18N6. The van der Waals surface area contributed by atoms with Gasteiger partial charge in [-0.05, 0) is 13.5 Å². The van der Waals surface area contributed by atoms with Crippen molar-refractivity contribution >= 4 is 5.82 Å². The van der Waals surface area contributed by atoms with Crippen LogP contribution in [0.1, 0.15) is 24.2 Å². The molecule has 0 radical (unpaired) electrons. The van der Waals surface area contributed by atoms with Crippen LogP contribution in [0.4, 0.5) is 5.82 Å². The molecule has 0 unspecified atom stereocenters. The number of aromatic nitrogens is 4. The Bertz CT molecular complexity index is 507. The van der Waals surface area contributed by atoms with Crippen molar-refractivity contribution in [1.82, 2.24) is 19.7 Å². The summed E-state index contributed by atoms with van der Waals surface area (Å²) in [6, 6.07) is 2.08. The lowest BCUT2D eigenvalue weighted by Crippen LogP contribution is -2.09. The van der Waals surface area contributed by atoms with Crippen LogP contribution in [0, 0.1) is 0 Å². The lowest BCUT2D eigenvalue weighted by Gasteiger charge is -2.13. The Hall–Kier alpha value is -1.95. The molecule has 0 aromatic carbocycles. The largest absolute Gasteiger partial charge is 0.363 e. The quantitative estimate of drug-likeness (QED) is 0.818. The Morgan fingerprint density at radius 3 is 2.94 bits per heavy atom. The van der Waals surface area contributed by atoms with Gasteiger partial charge >= 0.3 is 0 Å². The highest BCUT2D eigenvalue weighted by atomic mass is 15.2. The van der Waals surface area contributed by atoms with Crippen molar-refractivity contribution < 1.29 is 0 Å². The third kappa shape index (κ3) is 3.04. The lowest BCUT2D eigenvalue weighted by atomic mass is 10.2. The molecule has 96 valence electrons. The van der Waals surface area contributed by atoms with Crippen LogP contribution in [0.2, 0.25) is 0 Å². The van der Waals surface area contributed by atoms with Gasteiger partial charge in [0.2, 0.25) is 0 Å². The summed E-state index contributed by atoms with van der Waals surface area (Å²) in [5, 5.41) is 7.48. The predicted octanol–water partition coefficient (Wildman–Crippen LogP) is 0.884. The van der Waals surface area contributed by atoms with Gasteiger partial charge in [0.05, 0.1) is 12.2 Å². The summed E-state index contributed by atoms with van der Waals surface area (Å²) in [5.41, 5.74) is 7.59. The molecular weight excluding hydrogens is 228 g/mol. The van der Waals surface area contributed by atoms with Crippen molar-refractivity contribution in [3.8, 4) is 0 Å². The fourth-order valence-electron chi connectivity index (χ4n) is 1.73. The van der Waals surface area contributed by atoms with Crippen LogP contribution in [0.25, 0.3) is 0 Å². The summed E-state index contributed by atoms with van der Waals surface area (Å²) in [6.45, 7) is 2.66. The molecule has 0 bridgehead atoms. The van der Waals surface area contributed by atoms with Gasteiger partial charge in [-0.1, -0.05) is 0 Å². The summed E-state index contributed by atoms with van der Waals surface area (Å²) >= 11 is 0. The Morgan fingerprint density at radius 1 is 1.44 bits per heavy atom. The van der Waals surface area contributed by atoms with Gasteiger partial charge in [-0.2, -0.15) is 5.10 Å². The summed E-state index contributed by atoms with van der Waals surface area (Å²) in [4.78, 5) is 8.37. The van der Waals surface area contributed by atoms with Crippen molar-refractivity contribution in [3.05, 3.63) is 36.0 Å². The molecule has 0 fully saturated rings. The van der Waals surface area contributed by atoms with E-state index in [2.05, 4.69) is 27.3 Å². The fraction of sp³-hybridized carbons (Fsp3) is 0.417. The SMILES string of the molecule is C[C@@H](Nc1cc(CCN)ncn1)c1cnn(C)c1. The maximum absolute atomic E-state index is 5.51. The van der Waals surface area contributed by atoms with E-state index < -0.39 is 0 Å². The fourth-order valence-corrected chi connectivity index (χ4v) is 1.73. The maximum atomic E-state index is 5.51. The van der Waals surface area contributed by atoms with Gasteiger partial charge in [0.15, 0.2) is 0 Å². The number of nitrogens with one attached hydrogen (secondary N) is 1. The second kappa shape index (κ2) is 5.59. The molecule has 0 spiro atoms. The molecule has 0 amide bonds. The zero-order chi connectivity index (χ0) is 13.0. The molecule has 18 heavy (non-hydrogen) atoms. The number of nitrogens with two attached hydrogens (primary N) is 1. The molecule has 0 saturated heterocycles. The van der Waals surface area contributed by atoms with E-state index in [9.17, 15) is 0 Å². The summed E-state index contributed by atoms with van der Waals surface area (Å²) in [7, 11) is 1.90. The van der Waals surface area contributed by atoms with Gasteiger partial charge in [0, 0.05) is 37.0 Å². The molecule has 0 aliphatic rings. The Labute approximate surface area is 106 Å². The van der Waals surface area contributed by atoms with Crippen LogP contribution in [-0.2, 0) is 13.5 Å². The first-order chi connectivity index (χ1) is 8.69. The summed E-state index contributed by atoms with van der Waals surface area (Å²) in [6.07, 6.45) is 6.15. The highest BCUT2D eigenvalue weighted by Crippen LogP contribution is 2.16. The van der Waals surface area contributed by atoms with E-state index in [1.54, 1.807) is 11.0 Å². The first-order valence-corrected chi connectivity index (χ1v) is 5.95. The average molecular weight is 246 g/mol. The third-order valence-electron chi connectivity index (χ3n) is 2.71. The van der Waals surface area contributed by atoms with E-state index in [0.29, 0.717) is 6.54 Å². The molecule has 2 rings (SSSR count). The Kier molecular flexibility index (Phi) is 3.88. The minimum atomic E-state index is 0.152. The molecule has 6 nitrogen and oxygen atoms in total. The summed E-state index contributed by atoms with van der Waals surface area (Å²) in [5.74, 6) is 0.810. The zero-order valence-corrected chi connectivity index (χ0v) is 10.7. The minimum absolute atomic E-state index is 0.152. The number of hydrogen-bond donors (Lipinski definition) is 2. The first kappa shape index (κ1) is 12.5. The third-order valence-corrected chi connectivity index (χ3v) is 2.71. The van der Waals surface area contributed by atoms with Gasteiger partial charge in [0.1, 0.15) is 12.1 Å². The standard InChI is InChI=1S/C12H18N6/c1-9(10-6-16-18(2)7-10)17-12-5-11(3-4-13)14-8-15-12/h5-9H,3-4,13H2,1-2H3,(H,14,15,17)/t9-/m1/s1. The molecule has 1 atom stereocenters. The van der Waals surface area contributed by atoms with E-state index in [1.807, 2.05) is 25.5 Å². The molecule has 2 aromatic heterocycles. The van der Waals surface area contributed by atoms with Gasteiger partial charge in [0.25, 0.3) is 0 Å². The van der Waals surface area contributed by atoms with Gasteiger partial charge in [-0.15, -0.1) is 0 Å².